The summed E-state index contributed by atoms with van der Waals surface area (Å²) in [6, 6.07) is 42.4. The summed E-state index contributed by atoms with van der Waals surface area (Å²) >= 11 is 0. The van der Waals surface area contributed by atoms with Crippen LogP contribution in [-0.4, -0.2) is 0 Å². The van der Waals surface area contributed by atoms with Gasteiger partial charge >= 0.3 is 0 Å². The van der Waals surface area contributed by atoms with Crippen molar-refractivity contribution in [2.24, 2.45) is 0 Å². The van der Waals surface area contributed by atoms with Crippen molar-refractivity contribution in [3.63, 3.8) is 0 Å². The van der Waals surface area contributed by atoms with Gasteiger partial charge in [0.15, 0.2) is 0 Å². The van der Waals surface area contributed by atoms with Crippen molar-refractivity contribution in [1.82, 2.24) is 0 Å². The summed E-state index contributed by atoms with van der Waals surface area (Å²) in [5.41, 5.74) is 4.15. The molecule has 5 aromatic carbocycles. The van der Waals surface area contributed by atoms with Crippen LogP contribution in [0.2, 0.25) is 0 Å². The first-order valence-corrected chi connectivity index (χ1v) is 8.62. The molecule has 5 aromatic rings. The fraction of sp³-hybridized carbons (Fsp3) is 0. The molecule has 0 unspecified atom stereocenters. The van der Waals surface area contributed by atoms with E-state index in [2.05, 4.69) is 84.9 Å². The average molecular weight is 504 g/mol. The van der Waals surface area contributed by atoms with E-state index < -0.39 is 0 Å². The van der Waals surface area contributed by atoms with Crippen LogP contribution in [0.3, 0.4) is 0 Å². The zero-order valence-corrected chi connectivity index (χ0v) is 20.9. The van der Waals surface area contributed by atoms with Gasteiger partial charge in [-0.25, -0.2) is 12.1 Å². The smallest absolute Gasteiger partial charge is 0 e. The Bertz CT molecular complexity index is 1240. The Balaban J connectivity index is 0.00000112. The molecule has 0 fully saturated rings. The van der Waals surface area contributed by atoms with Crippen molar-refractivity contribution in [1.29, 1.82) is 0 Å². The van der Waals surface area contributed by atoms with Gasteiger partial charge in [-0.2, -0.15) is 11.6 Å². The Labute approximate surface area is 216 Å². The minimum absolute atomic E-state index is 0. The molecule has 5 rings (SSSR count). The first-order valence-electron chi connectivity index (χ1n) is 8.62. The second-order valence-corrected chi connectivity index (χ2v) is 6.32. The molecule has 0 bridgehead atoms. The molecule has 0 nitrogen and oxygen atoms in total. The predicted molar refractivity (Wildman–Crippen MR) is 108 cm³/mol. The largest absolute Gasteiger partial charge is 0.368 e. The first kappa shape index (κ1) is 21.5. The average Bonchev–Trinajstić information content (AvgIpc) is 2.73. The third-order valence-electron chi connectivity index (χ3n) is 4.70. The molecule has 0 spiro atoms. The predicted octanol–water partition coefficient (Wildman–Crippen LogP) is 6.52. The van der Waals surface area contributed by atoms with Crippen molar-refractivity contribution in [3.05, 3.63) is 109 Å². The van der Waals surface area contributed by atoms with Crippen LogP contribution < -0.4 is 0 Å². The van der Waals surface area contributed by atoms with Gasteiger partial charge in [0.05, 0.1) is 0 Å². The molecule has 0 aromatic heterocycles. The SMILES string of the molecule is [Y].[Y].[c-]1c[c-]c(-c2[c-]ccc3ccccc23)cc1-c1[c-]cc2ccccc2c1. The van der Waals surface area contributed by atoms with Gasteiger partial charge in [0.25, 0.3) is 0 Å². The maximum atomic E-state index is 3.39. The molecule has 0 amide bonds. The summed E-state index contributed by atoms with van der Waals surface area (Å²) in [7, 11) is 0. The zero-order chi connectivity index (χ0) is 17.3. The van der Waals surface area contributed by atoms with E-state index in [0.717, 1.165) is 22.3 Å². The van der Waals surface area contributed by atoms with Crippen LogP contribution in [-0.2, 0) is 65.4 Å². The molecule has 0 N–H and O–H groups in total. The standard InChI is InChI=1S/C26H14.2Y/c1-2-9-21-17-23(16-15-19(21)7-1)22-11-5-12-24(18-22)26-14-6-10-20-8-3-4-13-25(20)26;;/h1-10,13,15,17-18H;;/q-4;;. The Morgan fingerprint density at radius 2 is 1.21 bits per heavy atom. The van der Waals surface area contributed by atoms with Crippen molar-refractivity contribution < 1.29 is 65.4 Å². The molecule has 0 aliphatic heterocycles. The quantitative estimate of drug-likeness (QED) is 0.240. The van der Waals surface area contributed by atoms with Crippen LogP contribution in [0.1, 0.15) is 0 Å². The normalized spacial score (nSPS) is 10.3. The van der Waals surface area contributed by atoms with E-state index in [9.17, 15) is 0 Å². The van der Waals surface area contributed by atoms with Crippen LogP contribution in [0.5, 0.6) is 0 Å². The summed E-state index contributed by atoms with van der Waals surface area (Å²) in [6.07, 6.45) is 0. The molecular formula is C26H14Y2-4. The summed E-state index contributed by atoms with van der Waals surface area (Å²) in [5.74, 6) is 0. The molecule has 0 heterocycles. The van der Waals surface area contributed by atoms with Crippen LogP contribution in [0, 0.1) is 24.3 Å². The Morgan fingerprint density at radius 3 is 2.07 bits per heavy atom. The number of fused-ring (bicyclic) bond motifs is 2. The number of hydrogen-bond donors (Lipinski definition) is 0. The Kier molecular flexibility index (Phi) is 7.35. The Hall–Kier alpha value is -1.17. The topological polar surface area (TPSA) is 0 Å². The molecule has 128 valence electrons. The third-order valence-corrected chi connectivity index (χ3v) is 4.70. The van der Waals surface area contributed by atoms with Gasteiger partial charge in [0.1, 0.15) is 0 Å². The molecule has 0 saturated heterocycles. The number of hydrogen-bond acceptors (Lipinski definition) is 0. The van der Waals surface area contributed by atoms with Crippen LogP contribution in [0.15, 0.2) is 84.9 Å². The fourth-order valence-corrected chi connectivity index (χ4v) is 3.39. The number of benzene rings is 5. The van der Waals surface area contributed by atoms with Crippen LogP contribution >= 0.6 is 0 Å². The fourth-order valence-electron chi connectivity index (χ4n) is 3.39. The first-order chi connectivity index (χ1) is 12.9. The number of rotatable bonds is 2. The zero-order valence-electron chi connectivity index (χ0n) is 15.2. The summed E-state index contributed by atoms with van der Waals surface area (Å²) < 4.78 is 0. The van der Waals surface area contributed by atoms with E-state index in [1.165, 1.54) is 21.5 Å². The molecule has 2 heteroatoms. The van der Waals surface area contributed by atoms with E-state index in [1.54, 1.807) is 0 Å². The van der Waals surface area contributed by atoms with Crippen molar-refractivity contribution in [2.45, 2.75) is 0 Å². The molecule has 0 saturated carbocycles. The van der Waals surface area contributed by atoms with Crippen molar-refractivity contribution >= 4 is 21.5 Å². The van der Waals surface area contributed by atoms with E-state index in [1.807, 2.05) is 24.3 Å². The Morgan fingerprint density at radius 1 is 0.536 bits per heavy atom. The molecule has 0 atom stereocenters. The maximum Gasteiger partial charge on any atom is 0 e. The van der Waals surface area contributed by atoms with E-state index in [-0.39, 0.29) is 65.4 Å². The minimum Gasteiger partial charge on any atom is -0.368 e. The minimum atomic E-state index is 0. The van der Waals surface area contributed by atoms with Gasteiger partial charge in [-0.15, -0.1) is 39.7 Å². The van der Waals surface area contributed by atoms with Gasteiger partial charge in [-0.05, 0) is 0 Å². The van der Waals surface area contributed by atoms with Gasteiger partial charge in [0.2, 0.25) is 0 Å². The molecule has 0 aliphatic rings. The molecule has 28 heavy (non-hydrogen) atoms. The molecular weight excluding hydrogens is 490 g/mol. The van der Waals surface area contributed by atoms with Gasteiger partial charge < -0.3 is 29.3 Å². The summed E-state index contributed by atoms with van der Waals surface area (Å²) in [5, 5.41) is 4.80. The van der Waals surface area contributed by atoms with Crippen molar-refractivity contribution in [2.75, 3.05) is 0 Å². The monoisotopic (exact) mass is 504 g/mol. The van der Waals surface area contributed by atoms with Crippen molar-refractivity contribution in [3.8, 4) is 22.3 Å². The second-order valence-electron chi connectivity index (χ2n) is 6.32. The van der Waals surface area contributed by atoms with Crippen LogP contribution in [0.25, 0.3) is 43.8 Å². The molecule has 2 radical (unpaired) electrons. The van der Waals surface area contributed by atoms with Gasteiger partial charge in [0, 0.05) is 65.4 Å². The molecule has 0 aliphatic carbocycles. The van der Waals surface area contributed by atoms with E-state index >= 15 is 0 Å². The summed E-state index contributed by atoms with van der Waals surface area (Å²) in [4.78, 5) is 0. The summed E-state index contributed by atoms with van der Waals surface area (Å²) in [6.45, 7) is 0. The van der Waals surface area contributed by atoms with E-state index in [0.29, 0.717) is 0 Å². The van der Waals surface area contributed by atoms with Gasteiger partial charge in [-0.1, -0.05) is 48.5 Å². The van der Waals surface area contributed by atoms with Crippen LogP contribution in [0.4, 0.5) is 0 Å². The van der Waals surface area contributed by atoms with E-state index in [4.69, 9.17) is 0 Å². The maximum absolute atomic E-state index is 3.39. The second kappa shape index (κ2) is 9.55. The third kappa shape index (κ3) is 4.22. The van der Waals surface area contributed by atoms with Gasteiger partial charge in [-0.3, -0.25) is 11.6 Å².